The summed E-state index contributed by atoms with van der Waals surface area (Å²) >= 11 is 0. The quantitative estimate of drug-likeness (QED) is 0.667. The van der Waals surface area contributed by atoms with E-state index in [1.54, 1.807) is 13.0 Å². The summed E-state index contributed by atoms with van der Waals surface area (Å²) in [6, 6.07) is 0. The highest BCUT2D eigenvalue weighted by molar-refractivity contribution is 5.87. The molecular formula is C14H22O3. The zero-order chi connectivity index (χ0) is 12.4. The first-order valence-corrected chi connectivity index (χ1v) is 6.62. The molecule has 0 bridgehead atoms. The van der Waals surface area contributed by atoms with Crippen molar-refractivity contribution in [3.8, 4) is 0 Å². The fourth-order valence-electron chi connectivity index (χ4n) is 2.63. The van der Waals surface area contributed by atoms with Gasteiger partial charge in [-0.15, -0.1) is 0 Å². The zero-order valence-electron chi connectivity index (χ0n) is 10.8. The van der Waals surface area contributed by atoms with Crippen molar-refractivity contribution in [1.29, 1.82) is 0 Å². The second-order valence-corrected chi connectivity index (χ2v) is 5.15. The Morgan fingerprint density at radius 2 is 1.94 bits per heavy atom. The highest BCUT2D eigenvalue weighted by Crippen LogP contribution is 2.60. The van der Waals surface area contributed by atoms with Gasteiger partial charge in [0.15, 0.2) is 11.6 Å². The number of rotatable bonds is 6. The maximum Gasteiger partial charge on any atom is 0.177 e. The minimum Gasteiger partial charge on any atom is -0.347 e. The molecule has 2 fully saturated rings. The van der Waals surface area contributed by atoms with Gasteiger partial charge in [0.2, 0.25) is 0 Å². The molecule has 1 saturated carbocycles. The van der Waals surface area contributed by atoms with Gasteiger partial charge in [0.25, 0.3) is 0 Å². The van der Waals surface area contributed by atoms with Crippen LogP contribution in [0, 0.1) is 5.41 Å². The van der Waals surface area contributed by atoms with Gasteiger partial charge >= 0.3 is 0 Å². The minimum atomic E-state index is -0.449. The zero-order valence-corrected chi connectivity index (χ0v) is 10.8. The van der Waals surface area contributed by atoms with E-state index in [1.807, 2.05) is 6.08 Å². The van der Waals surface area contributed by atoms with Crippen molar-refractivity contribution in [3.05, 3.63) is 12.2 Å². The molecule has 0 atom stereocenters. The fraction of sp³-hybridized carbons (Fsp3) is 0.786. The van der Waals surface area contributed by atoms with Gasteiger partial charge in [-0.3, -0.25) is 4.79 Å². The van der Waals surface area contributed by atoms with Crippen LogP contribution in [-0.2, 0) is 14.3 Å². The van der Waals surface area contributed by atoms with E-state index in [9.17, 15) is 4.79 Å². The average molecular weight is 238 g/mol. The Morgan fingerprint density at radius 3 is 2.41 bits per heavy atom. The van der Waals surface area contributed by atoms with Crippen LogP contribution in [0.15, 0.2) is 12.2 Å². The molecule has 0 unspecified atom stereocenters. The minimum absolute atomic E-state index is 0.0374. The van der Waals surface area contributed by atoms with E-state index in [1.165, 1.54) is 0 Å². The van der Waals surface area contributed by atoms with Crippen LogP contribution in [0.1, 0.15) is 46.0 Å². The summed E-state index contributed by atoms with van der Waals surface area (Å²) in [5.74, 6) is -0.352. The van der Waals surface area contributed by atoms with Gasteiger partial charge in [-0.05, 0) is 32.3 Å². The predicted octanol–water partition coefficient (Wildman–Crippen LogP) is 2.85. The molecule has 96 valence electrons. The van der Waals surface area contributed by atoms with Gasteiger partial charge in [0.1, 0.15) is 0 Å². The molecule has 0 aromatic heterocycles. The number of hydrogen-bond acceptors (Lipinski definition) is 3. The van der Waals surface area contributed by atoms with Gasteiger partial charge in [-0.2, -0.15) is 0 Å². The second-order valence-electron chi connectivity index (χ2n) is 5.15. The molecule has 0 radical (unpaired) electrons. The summed E-state index contributed by atoms with van der Waals surface area (Å²) in [5.41, 5.74) is -0.0374. The first-order chi connectivity index (χ1) is 8.14. The number of unbranched alkanes of at least 4 members (excludes halogenated alkanes) is 1. The molecule has 2 rings (SSSR count). The van der Waals surface area contributed by atoms with E-state index in [0.717, 1.165) is 32.1 Å². The number of carbonyl (C=O) groups excluding carboxylic acids is 1. The van der Waals surface area contributed by atoms with Crippen molar-refractivity contribution in [2.45, 2.75) is 51.7 Å². The molecule has 0 aromatic carbocycles. The molecule has 1 aliphatic heterocycles. The third kappa shape index (κ3) is 2.45. The van der Waals surface area contributed by atoms with Crippen LogP contribution in [0.5, 0.6) is 0 Å². The molecule has 0 N–H and O–H groups in total. The van der Waals surface area contributed by atoms with Crippen LogP contribution >= 0.6 is 0 Å². The number of carbonyl (C=O) groups is 1. The molecule has 0 spiro atoms. The number of ether oxygens (including phenoxy) is 2. The summed E-state index contributed by atoms with van der Waals surface area (Å²) in [6.45, 7) is 5.12. The van der Waals surface area contributed by atoms with Crippen LogP contribution in [0.3, 0.4) is 0 Å². The molecule has 3 nitrogen and oxygen atoms in total. The lowest BCUT2D eigenvalue weighted by Crippen LogP contribution is -2.40. The number of allylic oxidation sites excluding steroid dienone is 1. The van der Waals surface area contributed by atoms with Crippen LogP contribution in [-0.4, -0.2) is 24.8 Å². The summed E-state index contributed by atoms with van der Waals surface area (Å²) in [5, 5.41) is 0. The molecule has 3 heteroatoms. The van der Waals surface area contributed by atoms with E-state index in [2.05, 4.69) is 6.92 Å². The van der Waals surface area contributed by atoms with Crippen molar-refractivity contribution >= 4 is 5.78 Å². The highest BCUT2D eigenvalue weighted by atomic mass is 16.7. The van der Waals surface area contributed by atoms with E-state index in [4.69, 9.17) is 9.47 Å². The summed E-state index contributed by atoms with van der Waals surface area (Å²) < 4.78 is 11.8. The Balaban J connectivity index is 2.12. The lowest BCUT2D eigenvalue weighted by atomic mass is 9.89. The van der Waals surface area contributed by atoms with Crippen molar-refractivity contribution in [1.82, 2.24) is 0 Å². The lowest BCUT2D eigenvalue weighted by molar-refractivity contribution is -0.199. The van der Waals surface area contributed by atoms with Gasteiger partial charge in [-0.25, -0.2) is 0 Å². The normalized spacial score (nSPS) is 25.3. The highest BCUT2D eigenvalue weighted by Gasteiger charge is 2.61. The van der Waals surface area contributed by atoms with Gasteiger partial charge < -0.3 is 9.47 Å². The van der Waals surface area contributed by atoms with Crippen LogP contribution in [0.4, 0.5) is 0 Å². The molecule has 0 amide bonds. The van der Waals surface area contributed by atoms with E-state index < -0.39 is 5.79 Å². The van der Waals surface area contributed by atoms with Gasteiger partial charge in [0.05, 0.1) is 13.2 Å². The van der Waals surface area contributed by atoms with Crippen molar-refractivity contribution in [2.24, 2.45) is 5.41 Å². The Kier molecular flexibility index (Phi) is 3.69. The maximum absolute atomic E-state index is 11.1. The molecule has 1 saturated heterocycles. The SMILES string of the molecule is CCCCC1(C2(/C=C/C(C)=O)CC2)OCCO1. The monoisotopic (exact) mass is 238 g/mol. The van der Waals surface area contributed by atoms with E-state index >= 15 is 0 Å². The predicted molar refractivity (Wildman–Crippen MR) is 65.6 cm³/mol. The first kappa shape index (κ1) is 12.8. The molecule has 0 aromatic rings. The van der Waals surface area contributed by atoms with Crippen LogP contribution < -0.4 is 0 Å². The smallest absolute Gasteiger partial charge is 0.177 e. The maximum atomic E-state index is 11.1. The first-order valence-electron chi connectivity index (χ1n) is 6.62. The average Bonchev–Trinajstić information content (AvgIpc) is 2.96. The molecule has 2 aliphatic rings. The van der Waals surface area contributed by atoms with Gasteiger partial charge in [-0.1, -0.05) is 19.4 Å². The third-order valence-electron chi connectivity index (χ3n) is 3.80. The second kappa shape index (κ2) is 4.91. The summed E-state index contributed by atoms with van der Waals surface area (Å²) in [7, 11) is 0. The van der Waals surface area contributed by atoms with Crippen molar-refractivity contribution in [2.75, 3.05) is 13.2 Å². The lowest BCUT2D eigenvalue weighted by Gasteiger charge is -2.34. The molecule has 17 heavy (non-hydrogen) atoms. The fourth-order valence-corrected chi connectivity index (χ4v) is 2.63. The van der Waals surface area contributed by atoms with Crippen LogP contribution in [0.25, 0.3) is 0 Å². The Morgan fingerprint density at radius 1 is 1.29 bits per heavy atom. The van der Waals surface area contributed by atoms with E-state index in [-0.39, 0.29) is 11.2 Å². The molecule has 1 heterocycles. The third-order valence-corrected chi connectivity index (χ3v) is 3.80. The van der Waals surface area contributed by atoms with Crippen molar-refractivity contribution in [3.63, 3.8) is 0 Å². The Labute approximate surface area is 103 Å². The number of ketones is 1. The van der Waals surface area contributed by atoms with Crippen LogP contribution in [0.2, 0.25) is 0 Å². The van der Waals surface area contributed by atoms with Gasteiger partial charge in [0, 0.05) is 11.8 Å². The summed E-state index contributed by atoms with van der Waals surface area (Å²) in [6.07, 6.45) is 9.02. The van der Waals surface area contributed by atoms with E-state index in [0.29, 0.717) is 13.2 Å². The Bertz CT molecular complexity index is 309. The topological polar surface area (TPSA) is 35.5 Å². The van der Waals surface area contributed by atoms with Crippen molar-refractivity contribution < 1.29 is 14.3 Å². The molecule has 1 aliphatic carbocycles. The largest absolute Gasteiger partial charge is 0.347 e. The molecular weight excluding hydrogens is 216 g/mol. The standard InChI is InChI=1S/C14H22O3/c1-3-4-6-14(16-10-11-17-14)13(8-9-13)7-5-12(2)15/h5,7H,3-4,6,8-11H2,1-2H3/b7-5+. The number of hydrogen-bond donors (Lipinski definition) is 0. The summed E-state index contributed by atoms with van der Waals surface area (Å²) in [4.78, 5) is 11.1. The Hall–Kier alpha value is -0.670.